The Morgan fingerprint density at radius 1 is 1.33 bits per heavy atom. The second-order valence-electron chi connectivity index (χ2n) is 7.09. The SMILES string of the molecule is Cc1cc(NC(=O)N2CCCC(Cn3cnc4cccnc43)C2)ccc1Br. The van der Waals surface area contributed by atoms with Crippen LogP contribution in [0.4, 0.5) is 10.5 Å². The predicted octanol–water partition coefficient (Wildman–Crippen LogP) is 4.45. The van der Waals surface area contributed by atoms with E-state index in [1.165, 1.54) is 0 Å². The first-order chi connectivity index (χ1) is 13.1. The maximum Gasteiger partial charge on any atom is 0.321 e. The van der Waals surface area contributed by atoms with E-state index in [4.69, 9.17) is 0 Å². The lowest BCUT2D eigenvalue weighted by Gasteiger charge is -2.33. The molecular weight excluding hydrogens is 406 g/mol. The standard InChI is InChI=1S/C20H22BrN5O/c1-14-10-16(6-7-17(14)21)24-20(27)25-9-3-4-15(11-25)12-26-13-23-18-5-2-8-22-19(18)26/h2,5-8,10,13,15H,3-4,9,11-12H2,1H3,(H,24,27). The number of aryl methyl sites for hydroxylation is 1. The first kappa shape index (κ1) is 18.0. The summed E-state index contributed by atoms with van der Waals surface area (Å²) in [6.45, 7) is 4.38. The van der Waals surface area contributed by atoms with Gasteiger partial charge in [0.15, 0.2) is 5.65 Å². The Kier molecular flexibility index (Phi) is 5.11. The van der Waals surface area contributed by atoms with Crippen LogP contribution in [0.1, 0.15) is 18.4 Å². The molecule has 140 valence electrons. The second kappa shape index (κ2) is 7.68. The number of benzene rings is 1. The third-order valence-corrected chi connectivity index (χ3v) is 5.93. The minimum atomic E-state index is -0.0324. The number of urea groups is 1. The number of fused-ring (bicyclic) bond motifs is 1. The Bertz CT molecular complexity index is 970. The topological polar surface area (TPSA) is 63.1 Å². The summed E-state index contributed by atoms with van der Waals surface area (Å²) in [5.41, 5.74) is 3.74. The molecule has 0 radical (unpaired) electrons. The minimum absolute atomic E-state index is 0.0324. The lowest BCUT2D eigenvalue weighted by atomic mass is 9.98. The Morgan fingerprint density at radius 3 is 3.07 bits per heavy atom. The number of carbonyl (C=O) groups is 1. The van der Waals surface area contributed by atoms with Crippen LogP contribution in [0.15, 0.2) is 47.3 Å². The van der Waals surface area contributed by atoms with Gasteiger partial charge in [-0.15, -0.1) is 0 Å². The third-order valence-electron chi connectivity index (χ3n) is 5.04. The number of carbonyl (C=O) groups excluding carboxylic acids is 1. The molecule has 3 aromatic rings. The molecule has 1 N–H and O–H groups in total. The number of hydrogen-bond donors (Lipinski definition) is 1. The van der Waals surface area contributed by atoms with Gasteiger partial charge in [0, 0.05) is 36.0 Å². The van der Waals surface area contributed by atoms with Crippen LogP contribution < -0.4 is 5.32 Å². The molecule has 3 heterocycles. The molecule has 7 heteroatoms. The molecule has 4 rings (SSSR count). The number of imidazole rings is 1. The maximum absolute atomic E-state index is 12.7. The summed E-state index contributed by atoms with van der Waals surface area (Å²) in [4.78, 5) is 23.5. The highest BCUT2D eigenvalue weighted by Crippen LogP contribution is 2.23. The molecule has 1 aliphatic heterocycles. The van der Waals surface area contributed by atoms with Gasteiger partial charge in [0.1, 0.15) is 5.52 Å². The van der Waals surface area contributed by atoms with Gasteiger partial charge in [-0.2, -0.15) is 0 Å². The molecule has 0 spiro atoms. The van der Waals surface area contributed by atoms with Crippen molar-refractivity contribution in [3.63, 3.8) is 0 Å². The van der Waals surface area contributed by atoms with E-state index in [1.807, 2.05) is 48.5 Å². The van der Waals surface area contributed by atoms with Gasteiger partial charge in [0.05, 0.1) is 6.33 Å². The summed E-state index contributed by atoms with van der Waals surface area (Å²) in [6.07, 6.45) is 5.76. The molecular formula is C20H22BrN5O. The van der Waals surface area contributed by atoms with Gasteiger partial charge in [-0.3, -0.25) is 0 Å². The maximum atomic E-state index is 12.7. The monoisotopic (exact) mass is 427 g/mol. The van der Waals surface area contributed by atoms with Crippen molar-refractivity contribution in [1.82, 2.24) is 19.4 Å². The highest BCUT2D eigenvalue weighted by atomic mass is 79.9. The summed E-state index contributed by atoms with van der Waals surface area (Å²) in [5, 5.41) is 3.02. The van der Waals surface area contributed by atoms with Gasteiger partial charge >= 0.3 is 6.03 Å². The number of likely N-dealkylation sites (tertiary alicyclic amines) is 1. The minimum Gasteiger partial charge on any atom is -0.324 e. The quantitative estimate of drug-likeness (QED) is 0.671. The van der Waals surface area contributed by atoms with Gasteiger partial charge in [0.25, 0.3) is 0 Å². The average molecular weight is 428 g/mol. The molecule has 2 amide bonds. The van der Waals surface area contributed by atoms with Crippen LogP contribution in [0, 0.1) is 12.8 Å². The number of nitrogens with zero attached hydrogens (tertiary/aromatic N) is 4. The molecule has 1 unspecified atom stereocenters. The van der Waals surface area contributed by atoms with Crippen molar-refractivity contribution in [3.05, 3.63) is 52.9 Å². The largest absolute Gasteiger partial charge is 0.324 e. The summed E-state index contributed by atoms with van der Waals surface area (Å²) in [6, 6.07) is 9.69. The van der Waals surface area contributed by atoms with Crippen LogP contribution in [0.25, 0.3) is 11.2 Å². The lowest BCUT2D eigenvalue weighted by Crippen LogP contribution is -2.43. The average Bonchev–Trinajstić information content (AvgIpc) is 3.08. The van der Waals surface area contributed by atoms with Crippen molar-refractivity contribution in [3.8, 4) is 0 Å². The number of anilines is 1. The summed E-state index contributed by atoms with van der Waals surface area (Å²) >= 11 is 3.49. The van der Waals surface area contributed by atoms with Crippen LogP contribution >= 0.6 is 15.9 Å². The zero-order chi connectivity index (χ0) is 18.8. The predicted molar refractivity (Wildman–Crippen MR) is 110 cm³/mol. The zero-order valence-corrected chi connectivity index (χ0v) is 16.8. The molecule has 0 aliphatic carbocycles. The molecule has 0 bridgehead atoms. The number of amides is 2. The summed E-state index contributed by atoms with van der Waals surface area (Å²) in [5.74, 6) is 0.399. The van der Waals surface area contributed by atoms with E-state index in [-0.39, 0.29) is 6.03 Å². The van der Waals surface area contributed by atoms with Gasteiger partial charge in [-0.1, -0.05) is 15.9 Å². The van der Waals surface area contributed by atoms with Crippen LogP contribution in [-0.4, -0.2) is 38.6 Å². The smallest absolute Gasteiger partial charge is 0.321 e. The zero-order valence-electron chi connectivity index (χ0n) is 15.2. The Hall–Kier alpha value is -2.41. The number of hydrogen-bond acceptors (Lipinski definition) is 3. The number of rotatable bonds is 3. The fourth-order valence-corrected chi connectivity index (χ4v) is 3.88. The Labute approximate surface area is 166 Å². The van der Waals surface area contributed by atoms with E-state index in [0.29, 0.717) is 5.92 Å². The van der Waals surface area contributed by atoms with Crippen molar-refractivity contribution >= 4 is 38.8 Å². The molecule has 1 atom stereocenters. The third kappa shape index (κ3) is 3.98. The van der Waals surface area contributed by atoms with E-state index >= 15 is 0 Å². The normalized spacial score (nSPS) is 17.3. The lowest BCUT2D eigenvalue weighted by molar-refractivity contribution is 0.171. The molecule has 1 aromatic carbocycles. The van der Waals surface area contributed by atoms with Gasteiger partial charge < -0.3 is 14.8 Å². The number of nitrogens with one attached hydrogen (secondary N) is 1. The Morgan fingerprint density at radius 2 is 2.22 bits per heavy atom. The molecule has 1 fully saturated rings. The van der Waals surface area contributed by atoms with Crippen LogP contribution in [0.5, 0.6) is 0 Å². The molecule has 1 saturated heterocycles. The fraction of sp³-hybridized carbons (Fsp3) is 0.350. The number of pyridine rings is 1. The number of aromatic nitrogens is 3. The molecule has 27 heavy (non-hydrogen) atoms. The fourth-order valence-electron chi connectivity index (χ4n) is 3.63. The van der Waals surface area contributed by atoms with Crippen molar-refractivity contribution in [2.45, 2.75) is 26.3 Å². The van der Waals surface area contributed by atoms with Crippen molar-refractivity contribution in [1.29, 1.82) is 0 Å². The van der Waals surface area contributed by atoms with E-state index < -0.39 is 0 Å². The Balaban J connectivity index is 1.41. The number of piperidine rings is 1. The number of halogens is 1. The summed E-state index contributed by atoms with van der Waals surface area (Å²) in [7, 11) is 0. The highest BCUT2D eigenvalue weighted by molar-refractivity contribution is 9.10. The first-order valence-electron chi connectivity index (χ1n) is 9.18. The molecule has 0 saturated carbocycles. The van der Waals surface area contributed by atoms with Crippen LogP contribution in [0.2, 0.25) is 0 Å². The molecule has 6 nitrogen and oxygen atoms in total. The molecule has 2 aromatic heterocycles. The van der Waals surface area contributed by atoms with Gasteiger partial charge in [0.2, 0.25) is 0 Å². The van der Waals surface area contributed by atoms with Crippen LogP contribution in [-0.2, 0) is 6.54 Å². The van der Waals surface area contributed by atoms with Crippen molar-refractivity contribution in [2.24, 2.45) is 5.92 Å². The van der Waals surface area contributed by atoms with Gasteiger partial charge in [-0.25, -0.2) is 14.8 Å². The second-order valence-corrected chi connectivity index (χ2v) is 7.95. The van der Waals surface area contributed by atoms with E-state index in [9.17, 15) is 4.79 Å². The van der Waals surface area contributed by atoms with Crippen molar-refractivity contribution in [2.75, 3.05) is 18.4 Å². The highest BCUT2D eigenvalue weighted by Gasteiger charge is 2.24. The van der Waals surface area contributed by atoms with E-state index in [0.717, 1.165) is 59.4 Å². The van der Waals surface area contributed by atoms with Crippen LogP contribution in [0.3, 0.4) is 0 Å². The van der Waals surface area contributed by atoms with E-state index in [2.05, 4.69) is 35.8 Å². The van der Waals surface area contributed by atoms with E-state index in [1.54, 1.807) is 6.20 Å². The van der Waals surface area contributed by atoms with Crippen molar-refractivity contribution < 1.29 is 4.79 Å². The molecule has 1 aliphatic rings. The van der Waals surface area contributed by atoms with Gasteiger partial charge in [-0.05, 0) is 61.6 Å². The summed E-state index contributed by atoms with van der Waals surface area (Å²) < 4.78 is 3.14. The first-order valence-corrected chi connectivity index (χ1v) is 9.97.